The van der Waals surface area contributed by atoms with Crippen LogP contribution < -0.4 is 11.1 Å². The van der Waals surface area contributed by atoms with E-state index in [1.807, 2.05) is 12.1 Å². The number of oxime groups is 1. The van der Waals surface area contributed by atoms with E-state index >= 15 is 0 Å². The minimum Gasteiger partial charge on any atom is -0.409 e. The summed E-state index contributed by atoms with van der Waals surface area (Å²) in [7, 11) is 0. The summed E-state index contributed by atoms with van der Waals surface area (Å²) >= 11 is 0. The fraction of sp³-hybridized carbons (Fsp3) is 0.500. The second kappa shape index (κ2) is 5.63. The molecule has 0 aromatic carbocycles. The van der Waals surface area contributed by atoms with E-state index in [1.165, 1.54) is 0 Å². The highest BCUT2D eigenvalue weighted by Gasteiger charge is 2.11. The van der Waals surface area contributed by atoms with Crippen molar-refractivity contribution in [2.24, 2.45) is 16.3 Å². The monoisotopic (exact) mass is 236 g/mol. The quantitative estimate of drug-likeness (QED) is 0.318. The molecule has 94 valence electrons. The zero-order chi connectivity index (χ0) is 12.9. The summed E-state index contributed by atoms with van der Waals surface area (Å²) in [6.45, 7) is 8.02. The van der Waals surface area contributed by atoms with Gasteiger partial charge in [-0.05, 0) is 17.0 Å². The maximum absolute atomic E-state index is 8.67. The zero-order valence-corrected chi connectivity index (χ0v) is 10.6. The molecule has 17 heavy (non-hydrogen) atoms. The molecule has 0 aliphatic heterocycles. The van der Waals surface area contributed by atoms with Crippen molar-refractivity contribution >= 4 is 5.84 Å². The minimum absolute atomic E-state index is 0.0400. The molecule has 0 saturated heterocycles. The first-order valence-electron chi connectivity index (χ1n) is 5.56. The van der Waals surface area contributed by atoms with E-state index in [9.17, 15) is 0 Å². The Bertz CT molecular complexity index is 396. The first kappa shape index (κ1) is 13.4. The van der Waals surface area contributed by atoms with Gasteiger partial charge in [-0.3, -0.25) is 4.98 Å². The fourth-order valence-corrected chi connectivity index (χ4v) is 1.43. The molecule has 5 nitrogen and oxygen atoms in total. The Morgan fingerprint density at radius 2 is 2.24 bits per heavy atom. The lowest BCUT2D eigenvalue weighted by molar-refractivity contribution is 0.318. The summed E-state index contributed by atoms with van der Waals surface area (Å²) in [5.41, 5.74) is 7.23. The Kier molecular flexibility index (Phi) is 4.45. The average molecular weight is 236 g/mol. The van der Waals surface area contributed by atoms with Gasteiger partial charge < -0.3 is 16.3 Å². The molecule has 0 atom stereocenters. The van der Waals surface area contributed by atoms with E-state index in [-0.39, 0.29) is 11.3 Å². The van der Waals surface area contributed by atoms with Crippen molar-refractivity contribution in [1.29, 1.82) is 0 Å². The van der Waals surface area contributed by atoms with Gasteiger partial charge in [-0.2, -0.15) is 0 Å². The standard InChI is InChI=1S/C12H20N4O/c1-12(2,3)8-14-7-9-5-4-6-15-10(9)11(13)16-17/h4-6,14,17H,7-8H2,1-3H3,(H2,13,16). The van der Waals surface area contributed by atoms with Crippen molar-refractivity contribution in [2.45, 2.75) is 27.3 Å². The lowest BCUT2D eigenvalue weighted by atomic mass is 9.97. The third-order valence-corrected chi connectivity index (χ3v) is 2.21. The van der Waals surface area contributed by atoms with E-state index in [4.69, 9.17) is 10.9 Å². The summed E-state index contributed by atoms with van der Waals surface area (Å²) in [6.07, 6.45) is 1.63. The minimum atomic E-state index is 0.0400. The number of rotatable bonds is 4. The predicted octanol–water partition coefficient (Wildman–Crippen LogP) is 1.31. The molecule has 0 aliphatic rings. The van der Waals surface area contributed by atoms with Gasteiger partial charge in [0.05, 0.1) is 0 Å². The van der Waals surface area contributed by atoms with Crippen LogP contribution in [-0.4, -0.2) is 22.6 Å². The number of amidine groups is 1. The highest BCUT2D eigenvalue weighted by Crippen LogP contribution is 2.11. The van der Waals surface area contributed by atoms with Gasteiger partial charge in [0.2, 0.25) is 0 Å². The molecule has 4 N–H and O–H groups in total. The van der Waals surface area contributed by atoms with E-state index in [1.54, 1.807) is 6.20 Å². The van der Waals surface area contributed by atoms with Crippen LogP contribution in [0.2, 0.25) is 0 Å². The summed E-state index contributed by atoms with van der Waals surface area (Å²) in [5, 5.41) is 15.0. The van der Waals surface area contributed by atoms with Crippen molar-refractivity contribution < 1.29 is 5.21 Å². The molecule has 0 unspecified atom stereocenters. The molecule has 0 bridgehead atoms. The second-order valence-electron chi connectivity index (χ2n) is 5.16. The normalized spacial score (nSPS) is 12.8. The van der Waals surface area contributed by atoms with Crippen molar-refractivity contribution in [3.63, 3.8) is 0 Å². The molecule has 1 rings (SSSR count). The molecule has 0 saturated carbocycles. The van der Waals surface area contributed by atoms with Crippen LogP contribution in [0, 0.1) is 5.41 Å². The molecule has 1 heterocycles. The van der Waals surface area contributed by atoms with Gasteiger partial charge in [-0.25, -0.2) is 0 Å². The molecular weight excluding hydrogens is 216 g/mol. The second-order valence-corrected chi connectivity index (χ2v) is 5.16. The third-order valence-electron chi connectivity index (χ3n) is 2.21. The Hall–Kier alpha value is -1.62. The summed E-state index contributed by atoms with van der Waals surface area (Å²) in [6, 6.07) is 3.75. The number of pyridine rings is 1. The topological polar surface area (TPSA) is 83.5 Å². The Morgan fingerprint density at radius 3 is 2.82 bits per heavy atom. The van der Waals surface area contributed by atoms with Crippen LogP contribution in [0.3, 0.4) is 0 Å². The summed E-state index contributed by atoms with van der Waals surface area (Å²) < 4.78 is 0. The number of hydrogen-bond donors (Lipinski definition) is 3. The summed E-state index contributed by atoms with van der Waals surface area (Å²) in [5.74, 6) is 0.0400. The van der Waals surface area contributed by atoms with Crippen molar-refractivity contribution in [3.05, 3.63) is 29.6 Å². The van der Waals surface area contributed by atoms with E-state index in [0.29, 0.717) is 12.2 Å². The van der Waals surface area contributed by atoms with Gasteiger partial charge in [-0.1, -0.05) is 32.0 Å². The molecule has 0 radical (unpaired) electrons. The van der Waals surface area contributed by atoms with Crippen molar-refractivity contribution in [1.82, 2.24) is 10.3 Å². The first-order valence-corrected chi connectivity index (χ1v) is 5.56. The Labute approximate surface area is 102 Å². The van der Waals surface area contributed by atoms with Gasteiger partial charge in [-0.15, -0.1) is 0 Å². The number of nitrogens with one attached hydrogen (secondary N) is 1. The largest absolute Gasteiger partial charge is 0.409 e. The number of nitrogens with two attached hydrogens (primary N) is 1. The first-order chi connectivity index (χ1) is 7.94. The molecule has 0 spiro atoms. The number of aromatic nitrogens is 1. The number of nitrogens with zero attached hydrogens (tertiary/aromatic N) is 2. The lowest BCUT2D eigenvalue weighted by Gasteiger charge is -2.19. The van der Waals surface area contributed by atoms with Crippen LogP contribution >= 0.6 is 0 Å². The highest BCUT2D eigenvalue weighted by molar-refractivity contribution is 5.96. The molecule has 1 aromatic rings. The lowest BCUT2D eigenvalue weighted by Crippen LogP contribution is -2.28. The van der Waals surface area contributed by atoms with Gasteiger partial charge in [0.15, 0.2) is 5.84 Å². The molecular formula is C12H20N4O. The van der Waals surface area contributed by atoms with Crippen LogP contribution in [-0.2, 0) is 6.54 Å². The molecule has 0 amide bonds. The van der Waals surface area contributed by atoms with Gasteiger partial charge in [0, 0.05) is 19.3 Å². The van der Waals surface area contributed by atoms with Crippen molar-refractivity contribution in [2.75, 3.05) is 6.54 Å². The molecule has 0 aliphatic carbocycles. The van der Waals surface area contributed by atoms with Crippen LogP contribution in [0.4, 0.5) is 0 Å². The van der Waals surface area contributed by atoms with Crippen LogP contribution in [0.5, 0.6) is 0 Å². The Morgan fingerprint density at radius 1 is 1.53 bits per heavy atom. The van der Waals surface area contributed by atoms with Gasteiger partial charge >= 0.3 is 0 Å². The zero-order valence-electron chi connectivity index (χ0n) is 10.6. The summed E-state index contributed by atoms with van der Waals surface area (Å²) in [4.78, 5) is 4.11. The molecule has 0 fully saturated rings. The molecule has 1 aromatic heterocycles. The third kappa shape index (κ3) is 4.40. The average Bonchev–Trinajstić information content (AvgIpc) is 2.27. The SMILES string of the molecule is CC(C)(C)CNCc1cccnc1C(N)=NO. The fourth-order valence-electron chi connectivity index (χ4n) is 1.43. The maximum atomic E-state index is 8.67. The predicted molar refractivity (Wildman–Crippen MR) is 67.9 cm³/mol. The van der Waals surface area contributed by atoms with Crippen LogP contribution in [0.1, 0.15) is 32.0 Å². The van der Waals surface area contributed by atoms with Crippen LogP contribution in [0.15, 0.2) is 23.5 Å². The van der Waals surface area contributed by atoms with E-state index in [0.717, 1.165) is 12.1 Å². The smallest absolute Gasteiger partial charge is 0.189 e. The molecule has 5 heteroatoms. The highest BCUT2D eigenvalue weighted by atomic mass is 16.4. The van der Waals surface area contributed by atoms with Crippen LogP contribution in [0.25, 0.3) is 0 Å². The Balaban J connectivity index is 2.71. The van der Waals surface area contributed by atoms with Gasteiger partial charge in [0.25, 0.3) is 0 Å². The maximum Gasteiger partial charge on any atom is 0.189 e. The van der Waals surface area contributed by atoms with Gasteiger partial charge in [0.1, 0.15) is 5.69 Å². The van der Waals surface area contributed by atoms with E-state index < -0.39 is 0 Å². The van der Waals surface area contributed by atoms with Crippen molar-refractivity contribution in [3.8, 4) is 0 Å². The number of hydrogen-bond acceptors (Lipinski definition) is 4. The van der Waals surface area contributed by atoms with E-state index in [2.05, 4.69) is 36.2 Å².